The molecule has 0 aliphatic carbocycles. The third kappa shape index (κ3) is 3.14. The number of benzene rings is 1. The standard InChI is InChI=1S/C13H13FN2O2S/c1-8-5-12(16(2)15-8)19-7-10-4-3-9(13(17)18)6-11(10)14/h3-6H,7H2,1-2H3,(H,17,18). The Kier molecular flexibility index (Phi) is 3.90. The van der Waals surface area contributed by atoms with Crippen molar-refractivity contribution in [1.29, 1.82) is 0 Å². The molecule has 0 bridgehead atoms. The van der Waals surface area contributed by atoms with Gasteiger partial charge in [-0.05, 0) is 30.7 Å². The third-order valence-corrected chi connectivity index (χ3v) is 3.77. The first-order valence-electron chi connectivity index (χ1n) is 5.62. The van der Waals surface area contributed by atoms with E-state index in [1.807, 2.05) is 20.0 Å². The van der Waals surface area contributed by atoms with Gasteiger partial charge in [0, 0.05) is 12.8 Å². The Balaban J connectivity index is 2.12. The minimum absolute atomic E-state index is 0.0392. The molecule has 0 unspecified atom stereocenters. The number of hydrogen-bond acceptors (Lipinski definition) is 3. The number of aryl methyl sites for hydroxylation is 2. The van der Waals surface area contributed by atoms with E-state index in [-0.39, 0.29) is 5.56 Å². The summed E-state index contributed by atoms with van der Waals surface area (Å²) in [6.45, 7) is 1.90. The normalized spacial score (nSPS) is 10.7. The number of nitrogens with zero attached hydrogens (tertiary/aromatic N) is 2. The molecule has 0 aliphatic rings. The predicted molar refractivity (Wildman–Crippen MR) is 70.9 cm³/mol. The molecule has 0 saturated heterocycles. The Hall–Kier alpha value is -1.82. The molecular formula is C13H13FN2O2S. The molecule has 0 aliphatic heterocycles. The van der Waals surface area contributed by atoms with E-state index >= 15 is 0 Å². The van der Waals surface area contributed by atoms with Crippen molar-refractivity contribution in [2.24, 2.45) is 7.05 Å². The van der Waals surface area contributed by atoms with Crippen molar-refractivity contribution in [3.8, 4) is 0 Å². The molecule has 0 atom stereocenters. The molecule has 1 aromatic heterocycles. The second-order valence-electron chi connectivity index (χ2n) is 4.15. The molecule has 1 heterocycles. The second-order valence-corrected chi connectivity index (χ2v) is 5.14. The number of carbonyl (C=O) groups is 1. The van der Waals surface area contributed by atoms with Gasteiger partial charge in [-0.1, -0.05) is 6.07 Å². The molecule has 6 heteroatoms. The van der Waals surface area contributed by atoms with Crippen LogP contribution in [0.4, 0.5) is 4.39 Å². The Morgan fingerprint density at radius 1 is 1.47 bits per heavy atom. The Morgan fingerprint density at radius 3 is 2.74 bits per heavy atom. The van der Waals surface area contributed by atoms with Crippen molar-refractivity contribution in [3.63, 3.8) is 0 Å². The lowest BCUT2D eigenvalue weighted by Gasteiger charge is -2.04. The van der Waals surface area contributed by atoms with E-state index in [4.69, 9.17) is 5.11 Å². The zero-order chi connectivity index (χ0) is 14.0. The van der Waals surface area contributed by atoms with Crippen LogP contribution < -0.4 is 0 Å². The van der Waals surface area contributed by atoms with Gasteiger partial charge < -0.3 is 5.11 Å². The molecule has 0 amide bonds. The Labute approximate surface area is 114 Å². The van der Waals surface area contributed by atoms with Crippen LogP contribution in [0.2, 0.25) is 0 Å². The Morgan fingerprint density at radius 2 is 2.21 bits per heavy atom. The van der Waals surface area contributed by atoms with E-state index in [1.54, 1.807) is 4.68 Å². The number of thioether (sulfide) groups is 1. The quantitative estimate of drug-likeness (QED) is 0.875. The predicted octanol–water partition coefficient (Wildman–Crippen LogP) is 2.86. The maximum atomic E-state index is 13.7. The maximum absolute atomic E-state index is 13.7. The summed E-state index contributed by atoms with van der Waals surface area (Å²) in [5.41, 5.74) is 1.35. The molecule has 0 spiro atoms. The van der Waals surface area contributed by atoms with Crippen molar-refractivity contribution in [1.82, 2.24) is 9.78 Å². The average Bonchev–Trinajstić information content (AvgIpc) is 2.66. The van der Waals surface area contributed by atoms with Gasteiger partial charge in [0.05, 0.1) is 16.3 Å². The third-order valence-electron chi connectivity index (χ3n) is 2.63. The summed E-state index contributed by atoms with van der Waals surface area (Å²) in [5.74, 6) is -1.18. The van der Waals surface area contributed by atoms with Crippen LogP contribution in [0.25, 0.3) is 0 Å². The largest absolute Gasteiger partial charge is 0.478 e. The summed E-state index contributed by atoms with van der Waals surface area (Å²) in [6.07, 6.45) is 0. The topological polar surface area (TPSA) is 55.1 Å². The fraction of sp³-hybridized carbons (Fsp3) is 0.231. The summed E-state index contributed by atoms with van der Waals surface area (Å²) in [6, 6.07) is 5.89. The highest BCUT2D eigenvalue weighted by Crippen LogP contribution is 2.24. The van der Waals surface area contributed by atoms with Crippen LogP contribution in [-0.2, 0) is 12.8 Å². The highest BCUT2D eigenvalue weighted by molar-refractivity contribution is 7.98. The van der Waals surface area contributed by atoms with Gasteiger partial charge in [0.1, 0.15) is 5.82 Å². The fourth-order valence-electron chi connectivity index (χ4n) is 1.67. The number of hydrogen-bond donors (Lipinski definition) is 1. The van der Waals surface area contributed by atoms with Crippen LogP contribution in [-0.4, -0.2) is 20.9 Å². The van der Waals surface area contributed by atoms with Crippen LogP contribution in [0, 0.1) is 12.7 Å². The number of aromatic carboxylic acids is 1. The smallest absolute Gasteiger partial charge is 0.335 e. The van der Waals surface area contributed by atoms with Crippen LogP contribution in [0.3, 0.4) is 0 Å². The molecule has 1 N–H and O–H groups in total. The van der Waals surface area contributed by atoms with Gasteiger partial charge >= 0.3 is 5.97 Å². The fourth-order valence-corrected chi connectivity index (χ4v) is 2.69. The lowest BCUT2D eigenvalue weighted by atomic mass is 10.1. The second kappa shape index (κ2) is 5.44. The van der Waals surface area contributed by atoms with E-state index in [0.717, 1.165) is 16.8 Å². The number of carboxylic acids is 1. The van der Waals surface area contributed by atoms with Crippen LogP contribution in [0.15, 0.2) is 29.3 Å². The van der Waals surface area contributed by atoms with Gasteiger partial charge in [0.15, 0.2) is 0 Å². The summed E-state index contributed by atoms with van der Waals surface area (Å²) in [4.78, 5) is 10.7. The van der Waals surface area contributed by atoms with E-state index in [2.05, 4.69) is 5.10 Å². The molecular weight excluding hydrogens is 267 g/mol. The van der Waals surface area contributed by atoms with Crippen molar-refractivity contribution in [3.05, 3.63) is 46.9 Å². The first-order valence-corrected chi connectivity index (χ1v) is 6.61. The van der Waals surface area contributed by atoms with Crippen molar-refractivity contribution >= 4 is 17.7 Å². The molecule has 0 radical (unpaired) electrons. The molecule has 19 heavy (non-hydrogen) atoms. The van der Waals surface area contributed by atoms with E-state index in [9.17, 15) is 9.18 Å². The summed E-state index contributed by atoms with van der Waals surface area (Å²) >= 11 is 1.46. The molecule has 1 aromatic carbocycles. The maximum Gasteiger partial charge on any atom is 0.335 e. The van der Waals surface area contributed by atoms with Crippen molar-refractivity contribution in [2.75, 3.05) is 0 Å². The number of carboxylic acid groups (broad SMARTS) is 1. The summed E-state index contributed by atoms with van der Waals surface area (Å²) in [7, 11) is 1.83. The van der Waals surface area contributed by atoms with E-state index in [1.165, 1.54) is 23.9 Å². The van der Waals surface area contributed by atoms with Gasteiger partial charge in [0.25, 0.3) is 0 Å². The van der Waals surface area contributed by atoms with Gasteiger partial charge in [-0.25, -0.2) is 9.18 Å². The monoisotopic (exact) mass is 280 g/mol. The molecule has 0 saturated carbocycles. The summed E-state index contributed by atoms with van der Waals surface area (Å²) < 4.78 is 15.5. The minimum Gasteiger partial charge on any atom is -0.478 e. The van der Waals surface area contributed by atoms with Crippen molar-refractivity contribution < 1.29 is 14.3 Å². The SMILES string of the molecule is Cc1cc(SCc2ccc(C(=O)O)cc2F)n(C)n1. The Bertz CT molecular complexity index is 625. The molecule has 2 aromatic rings. The highest BCUT2D eigenvalue weighted by atomic mass is 32.2. The highest BCUT2D eigenvalue weighted by Gasteiger charge is 2.10. The number of aromatic nitrogens is 2. The van der Waals surface area contributed by atoms with E-state index in [0.29, 0.717) is 11.3 Å². The van der Waals surface area contributed by atoms with Crippen LogP contribution in [0.1, 0.15) is 21.6 Å². The minimum atomic E-state index is -1.12. The lowest BCUT2D eigenvalue weighted by Crippen LogP contribution is -1.99. The average molecular weight is 280 g/mol. The number of rotatable bonds is 4. The van der Waals surface area contributed by atoms with Gasteiger partial charge in [0.2, 0.25) is 0 Å². The lowest BCUT2D eigenvalue weighted by molar-refractivity contribution is 0.0696. The van der Waals surface area contributed by atoms with Gasteiger partial charge in [-0.2, -0.15) is 5.10 Å². The molecule has 0 fully saturated rings. The summed E-state index contributed by atoms with van der Waals surface area (Å²) in [5, 5.41) is 13.9. The van der Waals surface area contributed by atoms with Crippen LogP contribution in [0.5, 0.6) is 0 Å². The first kappa shape index (κ1) is 13.6. The van der Waals surface area contributed by atoms with Crippen molar-refractivity contribution in [2.45, 2.75) is 17.7 Å². The van der Waals surface area contributed by atoms with Crippen LogP contribution >= 0.6 is 11.8 Å². The number of halogens is 1. The van der Waals surface area contributed by atoms with Gasteiger partial charge in [-0.15, -0.1) is 11.8 Å². The molecule has 100 valence electrons. The molecule has 2 rings (SSSR count). The zero-order valence-electron chi connectivity index (χ0n) is 10.6. The molecule has 4 nitrogen and oxygen atoms in total. The van der Waals surface area contributed by atoms with E-state index < -0.39 is 11.8 Å². The van der Waals surface area contributed by atoms with Gasteiger partial charge in [-0.3, -0.25) is 4.68 Å². The first-order chi connectivity index (χ1) is 8.97. The zero-order valence-corrected chi connectivity index (χ0v) is 11.4.